The first kappa shape index (κ1) is 92.8. The number of fused-ring (bicyclic) bond motifs is 5. The summed E-state index contributed by atoms with van der Waals surface area (Å²) in [6.45, 7) is 24.1. The van der Waals surface area contributed by atoms with Crippen molar-refractivity contribution in [3.63, 3.8) is 0 Å². The Kier molecular flexibility index (Phi) is 27.9. The summed E-state index contributed by atoms with van der Waals surface area (Å²) < 4.78 is 10.6. The van der Waals surface area contributed by atoms with E-state index in [0.29, 0.717) is 5.15 Å². The van der Waals surface area contributed by atoms with E-state index < -0.39 is 0 Å². The summed E-state index contributed by atoms with van der Waals surface area (Å²) >= 11 is 6.05. The van der Waals surface area contributed by atoms with Gasteiger partial charge in [-0.3, -0.25) is 37.0 Å². The molecular weight excluding hydrogens is 1780 g/mol. The number of hydrogen-bond donors (Lipinski definition) is 0. The number of benzene rings is 6. The Balaban J connectivity index is 0.000000105. The average molecular weight is 1890 g/mol. The molecule has 5 aliphatic rings. The number of imidazole rings is 5. The van der Waals surface area contributed by atoms with Crippen LogP contribution in [0.2, 0.25) is 5.15 Å². The van der Waals surface area contributed by atoms with Crippen LogP contribution in [0, 0.1) is 6.92 Å². The van der Waals surface area contributed by atoms with Gasteiger partial charge in [-0.25, -0.2) is 29.9 Å². The summed E-state index contributed by atoms with van der Waals surface area (Å²) in [5.41, 5.74) is 35.1. The summed E-state index contributed by atoms with van der Waals surface area (Å²) in [6, 6.07) is 92.3. The van der Waals surface area contributed by atoms with Crippen LogP contribution in [-0.4, -0.2) is 257 Å². The van der Waals surface area contributed by atoms with Gasteiger partial charge in [0.1, 0.15) is 33.4 Å². The molecule has 0 bridgehead atoms. The van der Waals surface area contributed by atoms with Gasteiger partial charge in [-0.1, -0.05) is 103 Å². The van der Waals surface area contributed by atoms with E-state index >= 15 is 0 Å². The van der Waals surface area contributed by atoms with E-state index in [4.69, 9.17) is 11.6 Å². The van der Waals surface area contributed by atoms with Gasteiger partial charge in [0, 0.05) is 261 Å². The minimum absolute atomic E-state index is 0.481. The van der Waals surface area contributed by atoms with Gasteiger partial charge in [-0.15, -0.1) is 0 Å². The standard InChI is InChI=1S/C24H25N5.C24H24N4.C23H22ClN5.2C23H23N5/c1-18-15-21(7-9-25-18)23-17-26-24-16-20(8-10-29(23)24)19-3-5-22(6-4-19)28-13-11-27(2)12-14-28;1-26-13-15-27(16-14-26)22-9-7-19(8-10-22)21-11-12-28-23(18-25-24(28)17-21)20-5-3-2-4-6-20;1-27-10-12-28(13-11-27)20-4-2-17(3-5-20)18-7-9-29-21(16-26-23(29)15-18)19-6-8-25-22(24)14-19;1-26-12-14-27(15-13-26)21-4-2-18(3-5-21)20-8-11-28-22(17-25-23(28)16-20)19-6-9-24-10-7-19;1-26-11-13-27(14-12-26)21-6-4-18(5-7-21)19-8-10-28-22(17-25-23(28)15-19)20-3-2-9-24-16-20/h3-10,15-17H,11-14H2,1-2H3;2-12,17-18H,13-16H2,1H3;2-9,14-16H,10-13H2,1H3;2-11,16-17H,12-15H2,1H3;2-10,15-17H,11-14H2,1H3. The monoisotopic (exact) mass is 1890 g/mol. The fourth-order valence-electron chi connectivity index (χ4n) is 19.4. The van der Waals surface area contributed by atoms with Crippen LogP contribution < -0.4 is 24.5 Å². The number of halogens is 1. The highest BCUT2D eigenvalue weighted by molar-refractivity contribution is 6.29. The van der Waals surface area contributed by atoms with E-state index in [9.17, 15) is 0 Å². The van der Waals surface area contributed by atoms with Gasteiger partial charge in [-0.2, -0.15) is 0 Å². The summed E-state index contributed by atoms with van der Waals surface area (Å²) in [6.07, 6.45) is 30.9. The summed E-state index contributed by atoms with van der Waals surface area (Å²) in [5, 5.41) is 0.481. The Morgan fingerprint density at radius 1 is 0.197 bits per heavy atom. The zero-order chi connectivity index (χ0) is 96.4. The molecule has 14 aromatic heterocycles. The Morgan fingerprint density at radius 3 is 0.739 bits per heavy atom. The van der Waals surface area contributed by atoms with Crippen LogP contribution in [0.5, 0.6) is 0 Å². The molecule has 712 valence electrons. The van der Waals surface area contributed by atoms with Gasteiger partial charge in [-0.05, 0) is 268 Å². The molecule has 142 heavy (non-hydrogen) atoms. The molecule has 24 nitrogen and oxygen atoms in total. The molecule has 0 spiro atoms. The minimum Gasteiger partial charge on any atom is -0.369 e. The van der Waals surface area contributed by atoms with Gasteiger partial charge >= 0.3 is 0 Å². The molecule has 6 aromatic carbocycles. The maximum atomic E-state index is 6.05. The van der Waals surface area contributed by atoms with Crippen molar-refractivity contribution in [1.82, 2.24) is 91.4 Å². The highest BCUT2D eigenvalue weighted by atomic mass is 35.5. The van der Waals surface area contributed by atoms with Crippen LogP contribution in [0.1, 0.15) is 5.69 Å². The number of pyridine rings is 9. The lowest BCUT2D eigenvalue weighted by Gasteiger charge is -2.34. The lowest BCUT2D eigenvalue weighted by Crippen LogP contribution is -2.44. The smallest absolute Gasteiger partial charge is 0.137 e. The number of aromatic nitrogens is 14. The number of nitrogens with zero attached hydrogens (tertiary/aromatic N) is 24. The molecule has 5 saturated heterocycles. The van der Waals surface area contributed by atoms with Crippen LogP contribution in [0.4, 0.5) is 28.4 Å². The van der Waals surface area contributed by atoms with Gasteiger partial charge in [0.25, 0.3) is 0 Å². The van der Waals surface area contributed by atoms with Crippen molar-refractivity contribution in [2.24, 2.45) is 0 Å². The molecule has 0 radical (unpaired) electrons. The van der Waals surface area contributed by atoms with Crippen LogP contribution in [-0.2, 0) is 0 Å². The minimum atomic E-state index is 0.481. The van der Waals surface area contributed by atoms with Crippen molar-refractivity contribution in [2.75, 3.05) is 191 Å². The lowest BCUT2D eigenvalue weighted by molar-refractivity contribution is 0.313. The fourth-order valence-corrected chi connectivity index (χ4v) is 19.6. The largest absolute Gasteiger partial charge is 0.369 e. The molecule has 25 heteroatoms. The van der Waals surface area contributed by atoms with Crippen molar-refractivity contribution < 1.29 is 0 Å². The number of hydrogen-bond acceptors (Lipinski definition) is 19. The Hall–Kier alpha value is -15.5. The molecule has 5 aliphatic heterocycles. The highest BCUT2D eigenvalue weighted by Gasteiger charge is 2.23. The molecule has 0 N–H and O–H groups in total. The molecule has 19 heterocycles. The fraction of sp³-hybridized carbons (Fsp3) is 0.222. The summed E-state index contributed by atoms with van der Waals surface area (Å²) in [4.78, 5) is 63.9. The first-order valence-corrected chi connectivity index (χ1v) is 49.5. The topological polar surface area (TPSA) is 170 Å². The predicted octanol–water partition coefficient (Wildman–Crippen LogP) is 20.6. The maximum Gasteiger partial charge on any atom is 0.137 e. The molecule has 0 atom stereocenters. The Bertz CT molecular complexity index is 7010. The van der Waals surface area contributed by atoms with Crippen molar-refractivity contribution in [1.29, 1.82) is 0 Å². The van der Waals surface area contributed by atoms with Crippen LogP contribution in [0.25, 0.3) is 140 Å². The SMILES string of the molecule is CN1CCN(c2ccc(-c3ccn4c(-c5ccccc5)cnc4c3)cc2)CC1.CN1CCN(c2ccc(-c3ccn4c(-c5cccnc5)cnc4c3)cc2)CC1.CN1CCN(c2ccc(-c3ccn4c(-c5ccnc(Cl)c5)cnc4c3)cc2)CC1.CN1CCN(c2ccc(-c3ccn4c(-c5ccncc5)cnc4c3)cc2)CC1.Cc1cc(-c2cnc3cc(-c4ccc(N5CCN(C)CC5)cc4)ccn23)ccn1. The van der Waals surface area contributed by atoms with E-state index in [1.807, 2.05) is 105 Å². The lowest BCUT2D eigenvalue weighted by atomic mass is 10.1. The molecule has 25 rings (SSSR count). The van der Waals surface area contributed by atoms with Crippen LogP contribution >= 0.6 is 11.6 Å². The summed E-state index contributed by atoms with van der Waals surface area (Å²) in [5.74, 6) is 0. The first-order chi connectivity index (χ1) is 69.7. The molecule has 5 fully saturated rings. The van der Waals surface area contributed by atoms with Gasteiger partial charge < -0.3 is 49.0 Å². The average Bonchev–Trinajstić information content (AvgIpc) is 1.63. The van der Waals surface area contributed by atoms with E-state index in [0.717, 1.165) is 221 Å². The second-order valence-electron chi connectivity index (χ2n) is 37.5. The van der Waals surface area contributed by atoms with Crippen molar-refractivity contribution in [2.45, 2.75) is 6.92 Å². The third-order valence-electron chi connectivity index (χ3n) is 28.1. The number of rotatable bonds is 15. The third-order valence-corrected chi connectivity index (χ3v) is 28.3. The molecule has 0 amide bonds. The van der Waals surface area contributed by atoms with Crippen molar-refractivity contribution in [3.8, 4) is 112 Å². The van der Waals surface area contributed by atoms with Crippen LogP contribution in [0.3, 0.4) is 0 Å². The number of aryl methyl sites for hydroxylation is 1. The molecule has 0 saturated carbocycles. The number of anilines is 5. The zero-order valence-electron chi connectivity index (χ0n) is 81.3. The van der Waals surface area contributed by atoms with Gasteiger partial charge in [0.2, 0.25) is 0 Å². The second kappa shape index (κ2) is 42.7. The summed E-state index contributed by atoms with van der Waals surface area (Å²) in [7, 11) is 10.9. The number of likely N-dealkylation sites (N-methyl/N-ethyl adjacent to an activating group) is 5. The normalized spacial score (nSPS) is 15.2. The molecule has 20 aromatic rings. The Morgan fingerprint density at radius 2 is 0.458 bits per heavy atom. The third kappa shape index (κ3) is 21.3. The van der Waals surface area contributed by atoms with Crippen molar-refractivity contribution >= 4 is 68.3 Å². The first-order valence-electron chi connectivity index (χ1n) is 49.1. The van der Waals surface area contributed by atoms with Gasteiger partial charge in [0.15, 0.2) is 0 Å². The van der Waals surface area contributed by atoms with Crippen molar-refractivity contribution in [3.05, 3.63) is 371 Å². The highest BCUT2D eigenvalue weighted by Crippen LogP contribution is 2.36. The maximum absolute atomic E-state index is 6.05. The van der Waals surface area contributed by atoms with E-state index in [1.54, 1.807) is 12.4 Å². The van der Waals surface area contributed by atoms with E-state index in [1.165, 1.54) is 84.1 Å². The predicted molar refractivity (Wildman–Crippen MR) is 580 cm³/mol. The molecule has 0 unspecified atom stereocenters. The molecule has 0 aliphatic carbocycles. The van der Waals surface area contributed by atoms with Crippen LogP contribution in [0.15, 0.2) is 360 Å². The van der Waals surface area contributed by atoms with Gasteiger partial charge in [0.05, 0.1) is 59.5 Å². The second-order valence-corrected chi connectivity index (χ2v) is 37.9. The number of piperazine rings is 5. The van der Waals surface area contributed by atoms with E-state index in [-0.39, 0.29) is 0 Å². The quantitative estimate of drug-likeness (QED) is 0.0887. The molecular formula is C117H117ClN24. The zero-order valence-corrected chi connectivity index (χ0v) is 82.1. The van der Waals surface area contributed by atoms with E-state index in [2.05, 4.69) is 400 Å². The Labute approximate surface area is 834 Å².